The summed E-state index contributed by atoms with van der Waals surface area (Å²) in [5, 5.41) is 1.10. The monoisotopic (exact) mass is 237 g/mol. The van der Waals surface area contributed by atoms with Crippen LogP contribution in [0.2, 0.25) is 0 Å². The van der Waals surface area contributed by atoms with Crippen molar-refractivity contribution in [3.05, 3.63) is 46.4 Å². The van der Waals surface area contributed by atoms with Gasteiger partial charge < -0.3 is 0 Å². The predicted octanol–water partition coefficient (Wildman–Crippen LogP) is 3.52. The molecule has 2 rings (SSSR count). The lowest BCUT2D eigenvalue weighted by Gasteiger charge is -2.11. The first-order valence-electron chi connectivity index (χ1n) is 5.44. The molecule has 0 saturated carbocycles. The molecule has 0 aliphatic carbocycles. The highest BCUT2D eigenvalue weighted by Crippen LogP contribution is 2.23. The van der Waals surface area contributed by atoms with Gasteiger partial charge in [-0.15, -0.1) is 0 Å². The topological polar surface area (TPSA) is 22.0 Å². The van der Waals surface area contributed by atoms with E-state index >= 15 is 0 Å². The molecule has 0 saturated heterocycles. The zero-order valence-corrected chi connectivity index (χ0v) is 9.65. The van der Waals surface area contributed by atoms with E-state index in [0.717, 1.165) is 17.1 Å². The van der Waals surface area contributed by atoms with Crippen LogP contribution in [0.15, 0.2) is 35.3 Å². The highest BCUT2D eigenvalue weighted by Gasteiger charge is 2.12. The molecule has 2 nitrogen and oxygen atoms in total. The second-order valence-electron chi connectivity index (χ2n) is 4.27. The van der Waals surface area contributed by atoms with Gasteiger partial charge in [0.2, 0.25) is 0 Å². The van der Waals surface area contributed by atoms with Crippen LogP contribution in [0.25, 0.3) is 10.8 Å². The smallest absolute Gasteiger partial charge is 0.269 e. The number of hydrogen-bond acceptors (Lipinski definition) is 1. The number of nitrogens with zero attached hydrogens (tertiary/aromatic N) is 1. The molecule has 90 valence electrons. The van der Waals surface area contributed by atoms with Crippen LogP contribution in [0.4, 0.5) is 8.78 Å². The first-order valence-corrected chi connectivity index (χ1v) is 5.44. The van der Waals surface area contributed by atoms with Crippen molar-refractivity contribution in [1.29, 1.82) is 0 Å². The van der Waals surface area contributed by atoms with Crippen LogP contribution in [0.3, 0.4) is 0 Å². The lowest BCUT2D eigenvalue weighted by atomic mass is 9.97. The van der Waals surface area contributed by atoms with Crippen LogP contribution in [0.1, 0.15) is 31.9 Å². The van der Waals surface area contributed by atoms with Gasteiger partial charge in [-0.3, -0.25) is 9.36 Å². The van der Waals surface area contributed by atoms with Crippen LogP contribution in [0, 0.1) is 0 Å². The first kappa shape index (κ1) is 11.8. The summed E-state index contributed by atoms with van der Waals surface area (Å²) in [7, 11) is 0. The quantitative estimate of drug-likeness (QED) is 0.783. The van der Waals surface area contributed by atoms with E-state index in [-0.39, 0.29) is 5.92 Å². The fraction of sp³-hybridized carbons (Fsp3) is 0.308. The van der Waals surface area contributed by atoms with E-state index in [1.807, 2.05) is 19.9 Å². The normalized spacial score (nSPS) is 11.6. The van der Waals surface area contributed by atoms with Crippen molar-refractivity contribution in [3.63, 3.8) is 0 Å². The highest BCUT2D eigenvalue weighted by atomic mass is 19.3. The molecular formula is C13H13F2NO. The fourth-order valence-corrected chi connectivity index (χ4v) is 1.97. The van der Waals surface area contributed by atoms with Crippen LogP contribution >= 0.6 is 0 Å². The van der Waals surface area contributed by atoms with E-state index in [2.05, 4.69) is 0 Å². The van der Waals surface area contributed by atoms with Crippen molar-refractivity contribution in [2.24, 2.45) is 0 Å². The zero-order valence-electron chi connectivity index (χ0n) is 9.65. The number of hydrogen-bond donors (Lipinski definition) is 0. The number of rotatable bonds is 2. The molecule has 0 bridgehead atoms. The Bertz CT molecular complexity index is 602. The van der Waals surface area contributed by atoms with Gasteiger partial charge in [-0.2, -0.15) is 8.78 Å². The maximum atomic E-state index is 12.6. The van der Waals surface area contributed by atoms with Crippen LogP contribution in [0.5, 0.6) is 0 Å². The van der Waals surface area contributed by atoms with Crippen molar-refractivity contribution < 1.29 is 8.78 Å². The zero-order chi connectivity index (χ0) is 12.6. The van der Waals surface area contributed by atoms with Gasteiger partial charge in [0.25, 0.3) is 5.56 Å². The second kappa shape index (κ2) is 4.28. The van der Waals surface area contributed by atoms with Gasteiger partial charge >= 0.3 is 6.55 Å². The molecular weight excluding hydrogens is 224 g/mol. The predicted molar refractivity (Wildman–Crippen MR) is 63.6 cm³/mol. The molecule has 4 heteroatoms. The van der Waals surface area contributed by atoms with Gasteiger partial charge in [0.15, 0.2) is 0 Å². The third kappa shape index (κ3) is 1.95. The Morgan fingerprint density at radius 1 is 1.12 bits per heavy atom. The molecule has 17 heavy (non-hydrogen) atoms. The Balaban J connectivity index is 2.81. The molecule has 0 amide bonds. The molecule has 0 spiro atoms. The van der Waals surface area contributed by atoms with Gasteiger partial charge in [-0.25, -0.2) is 0 Å². The summed E-state index contributed by atoms with van der Waals surface area (Å²) < 4.78 is 25.6. The highest BCUT2D eigenvalue weighted by molar-refractivity contribution is 5.85. The Morgan fingerprint density at radius 2 is 1.82 bits per heavy atom. The Hall–Kier alpha value is -1.71. The Kier molecular flexibility index (Phi) is 2.96. The number of alkyl halides is 2. The van der Waals surface area contributed by atoms with E-state index in [1.165, 1.54) is 0 Å². The summed E-state index contributed by atoms with van der Waals surface area (Å²) in [4.78, 5) is 11.8. The molecule has 2 aromatic rings. The Morgan fingerprint density at radius 3 is 2.41 bits per heavy atom. The first-order chi connectivity index (χ1) is 8.02. The van der Waals surface area contributed by atoms with Gasteiger partial charge in [0, 0.05) is 11.6 Å². The van der Waals surface area contributed by atoms with Crippen LogP contribution < -0.4 is 5.56 Å². The second-order valence-corrected chi connectivity index (χ2v) is 4.27. The van der Waals surface area contributed by atoms with Crippen molar-refractivity contribution in [2.75, 3.05) is 0 Å². The summed E-state index contributed by atoms with van der Waals surface area (Å²) in [5.41, 5.74) is 0.362. The minimum absolute atomic E-state index is 0.250. The van der Waals surface area contributed by atoms with E-state index in [4.69, 9.17) is 0 Å². The van der Waals surface area contributed by atoms with E-state index in [9.17, 15) is 13.6 Å². The number of halogens is 2. The van der Waals surface area contributed by atoms with Gasteiger partial charge in [0.1, 0.15) is 0 Å². The lowest BCUT2D eigenvalue weighted by molar-refractivity contribution is 0.0669. The number of fused-ring (bicyclic) bond motifs is 1. The van der Waals surface area contributed by atoms with Gasteiger partial charge in [-0.1, -0.05) is 26.0 Å². The van der Waals surface area contributed by atoms with E-state index in [1.54, 1.807) is 18.2 Å². The molecule has 0 aliphatic heterocycles. The molecule has 0 unspecified atom stereocenters. The molecule has 0 N–H and O–H groups in total. The molecule has 1 heterocycles. The SMILES string of the molecule is CC(C)c1cccc2c(=O)n(C(F)F)ccc12. The molecule has 1 aromatic heterocycles. The largest absolute Gasteiger partial charge is 0.321 e. The summed E-state index contributed by atoms with van der Waals surface area (Å²) in [5.74, 6) is 0.250. The number of benzene rings is 1. The van der Waals surface area contributed by atoms with Crippen molar-refractivity contribution >= 4 is 10.8 Å². The summed E-state index contributed by atoms with van der Waals surface area (Å²) in [6, 6.07) is 6.81. The van der Waals surface area contributed by atoms with Crippen LogP contribution in [-0.4, -0.2) is 4.57 Å². The van der Waals surface area contributed by atoms with Crippen LogP contribution in [-0.2, 0) is 0 Å². The number of pyridine rings is 1. The molecule has 0 atom stereocenters. The van der Waals surface area contributed by atoms with Crippen molar-refractivity contribution in [3.8, 4) is 0 Å². The third-order valence-corrected chi connectivity index (χ3v) is 2.84. The molecule has 0 radical (unpaired) electrons. The van der Waals surface area contributed by atoms with Gasteiger partial charge in [0.05, 0.1) is 0 Å². The summed E-state index contributed by atoms with van der Waals surface area (Å²) in [6.07, 6.45) is 1.15. The minimum atomic E-state index is -2.80. The minimum Gasteiger partial charge on any atom is -0.269 e. The molecule has 0 fully saturated rings. The van der Waals surface area contributed by atoms with Gasteiger partial charge in [-0.05, 0) is 29.0 Å². The molecule has 0 aliphatic rings. The Labute approximate surface area is 97.5 Å². The van der Waals surface area contributed by atoms with Crippen molar-refractivity contribution in [2.45, 2.75) is 26.3 Å². The lowest BCUT2D eigenvalue weighted by Crippen LogP contribution is -2.20. The molecule has 1 aromatic carbocycles. The standard InChI is InChI=1S/C13H13F2NO/c1-8(2)9-4-3-5-11-10(9)6-7-16(12(11)17)13(14)15/h3-8,13H,1-2H3. The average Bonchev–Trinajstić information content (AvgIpc) is 2.28. The maximum absolute atomic E-state index is 12.6. The maximum Gasteiger partial charge on any atom is 0.321 e. The third-order valence-electron chi connectivity index (χ3n) is 2.84. The van der Waals surface area contributed by atoms with E-state index in [0.29, 0.717) is 9.95 Å². The van der Waals surface area contributed by atoms with Crippen molar-refractivity contribution in [1.82, 2.24) is 4.57 Å². The summed E-state index contributed by atoms with van der Waals surface area (Å²) in [6.45, 7) is 1.22. The fourth-order valence-electron chi connectivity index (χ4n) is 1.97. The average molecular weight is 237 g/mol. The number of aromatic nitrogens is 1. The van der Waals surface area contributed by atoms with E-state index < -0.39 is 12.1 Å². The summed E-state index contributed by atoms with van der Waals surface area (Å²) >= 11 is 0.